The van der Waals surface area contributed by atoms with Crippen molar-refractivity contribution in [3.63, 3.8) is 0 Å². The number of hydrogen-bond donors (Lipinski definition) is 0. The summed E-state index contributed by atoms with van der Waals surface area (Å²) < 4.78 is 26.5. The van der Waals surface area contributed by atoms with E-state index in [4.69, 9.17) is 23.2 Å². The van der Waals surface area contributed by atoms with E-state index in [2.05, 4.69) is 0 Å². The van der Waals surface area contributed by atoms with Gasteiger partial charge in [-0.05, 0) is 30.3 Å². The summed E-state index contributed by atoms with van der Waals surface area (Å²) in [6.45, 7) is 0. The van der Waals surface area contributed by atoms with Gasteiger partial charge in [-0.15, -0.1) is 0 Å². The number of hydrogen-bond acceptors (Lipinski definition) is 1. The average molecular weight is 301 g/mol. The second kappa shape index (κ2) is 5.68. The molecule has 0 unspecified atom stereocenters. The lowest BCUT2D eigenvalue weighted by molar-refractivity contribution is 0.0992. The highest BCUT2D eigenvalue weighted by molar-refractivity contribution is 6.34. The van der Waals surface area contributed by atoms with Gasteiger partial charge >= 0.3 is 0 Å². The third-order valence-electron chi connectivity index (χ3n) is 2.63. The fourth-order valence-electron chi connectivity index (χ4n) is 1.67. The summed E-state index contributed by atoms with van der Waals surface area (Å²) >= 11 is 11.6. The van der Waals surface area contributed by atoms with Gasteiger partial charge in [0.25, 0.3) is 0 Å². The standard InChI is InChI=1S/C14H8Cl2F2O/c15-11-2-1-3-13(18)10(11)7-14(19)9-5-4-8(17)6-12(9)16/h1-6H,7H2. The summed E-state index contributed by atoms with van der Waals surface area (Å²) in [4.78, 5) is 12.0. The Morgan fingerprint density at radius 1 is 1.05 bits per heavy atom. The van der Waals surface area contributed by atoms with E-state index in [1.54, 1.807) is 0 Å². The molecule has 5 heteroatoms. The molecule has 2 aromatic carbocycles. The van der Waals surface area contributed by atoms with Crippen LogP contribution in [0.3, 0.4) is 0 Å². The number of Topliss-reactive ketones (excluding diaryl/α,β-unsaturated/α-hetero) is 1. The molecule has 0 heterocycles. The van der Waals surface area contributed by atoms with Gasteiger partial charge in [0.15, 0.2) is 5.78 Å². The number of rotatable bonds is 3. The summed E-state index contributed by atoms with van der Waals surface area (Å²) in [5.74, 6) is -1.51. The third kappa shape index (κ3) is 3.11. The Labute approximate surface area is 118 Å². The molecule has 0 spiro atoms. The molecule has 0 aliphatic carbocycles. The molecule has 0 saturated heterocycles. The Hall–Kier alpha value is -1.45. The summed E-state index contributed by atoms with van der Waals surface area (Å²) in [6, 6.07) is 7.62. The Balaban J connectivity index is 2.31. The van der Waals surface area contributed by atoms with Crippen LogP contribution >= 0.6 is 23.2 Å². The monoisotopic (exact) mass is 300 g/mol. The van der Waals surface area contributed by atoms with Crippen LogP contribution in [0.2, 0.25) is 10.0 Å². The lowest BCUT2D eigenvalue weighted by Crippen LogP contribution is -2.06. The molecular weight excluding hydrogens is 293 g/mol. The lowest BCUT2D eigenvalue weighted by atomic mass is 10.0. The van der Waals surface area contributed by atoms with Crippen LogP contribution in [0.25, 0.3) is 0 Å². The number of carbonyl (C=O) groups is 1. The second-order valence-corrected chi connectivity index (χ2v) is 4.74. The lowest BCUT2D eigenvalue weighted by Gasteiger charge is -2.06. The number of ketones is 1. The van der Waals surface area contributed by atoms with Crippen molar-refractivity contribution in [1.29, 1.82) is 0 Å². The minimum Gasteiger partial charge on any atom is -0.294 e. The molecule has 0 saturated carbocycles. The van der Waals surface area contributed by atoms with Gasteiger partial charge < -0.3 is 0 Å². The normalized spacial score (nSPS) is 10.5. The van der Waals surface area contributed by atoms with E-state index in [0.717, 1.165) is 12.1 Å². The zero-order valence-corrected chi connectivity index (χ0v) is 11.1. The molecule has 0 aliphatic heterocycles. The van der Waals surface area contributed by atoms with Crippen molar-refractivity contribution in [2.24, 2.45) is 0 Å². The first kappa shape index (κ1) is 14.0. The Bertz CT molecular complexity index is 621. The van der Waals surface area contributed by atoms with Crippen LogP contribution in [-0.2, 0) is 6.42 Å². The van der Waals surface area contributed by atoms with Crippen LogP contribution < -0.4 is 0 Å². The fourth-order valence-corrected chi connectivity index (χ4v) is 2.18. The molecular formula is C14H8Cl2F2O. The summed E-state index contributed by atoms with van der Waals surface area (Å²) in [6.07, 6.45) is -0.225. The second-order valence-electron chi connectivity index (χ2n) is 3.92. The Morgan fingerprint density at radius 3 is 2.42 bits per heavy atom. The molecule has 2 aromatic rings. The van der Waals surface area contributed by atoms with Crippen molar-refractivity contribution < 1.29 is 13.6 Å². The molecule has 2 rings (SSSR count). The molecule has 0 radical (unpaired) electrons. The molecule has 0 bridgehead atoms. The molecule has 0 amide bonds. The molecule has 0 aromatic heterocycles. The van der Waals surface area contributed by atoms with Gasteiger partial charge in [0.1, 0.15) is 11.6 Å². The highest BCUT2D eigenvalue weighted by Gasteiger charge is 2.16. The van der Waals surface area contributed by atoms with E-state index in [1.165, 1.54) is 24.3 Å². The van der Waals surface area contributed by atoms with Crippen molar-refractivity contribution in [2.45, 2.75) is 6.42 Å². The predicted molar refractivity (Wildman–Crippen MR) is 70.9 cm³/mol. The zero-order chi connectivity index (χ0) is 14.0. The first-order valence-corrected chi connectivity index (χ1v) is 6.16. The van der Waals surface area contributed by atoms with Crippen LogP contribution in [-0.4, -0.2) is 5.78 Å². The Kier molecular flexibility index (Phi) is 4.17. The van der Waals surface area contributed by atoms with Crippen molar-refractivity contribution in [3.05, 3.63) is 69.2 Å². The van der Waals surface area contributed by atoms with Crippen molar-refractivity contribution in [3.8, 4) is 0 Å². The minimum atomic E-state index is -0.556. The van der Waals surface area contributed by atoms with Crippen molar-refractivity contribution >= 4 is 29.0 Å². The first-order valence-electron chi connectivity index (χ1n) is 5.40. The maximum absolute atomic E-state index is 13.6. The molecule has 0 aliphatic rings. The Morgan fingerprint density at radius 2 is 1.79 bits per heavy atom. The van der Waals surface area contributed by atoms with Crippen molar-refractivity contribution in [1.82, 2.24) is 0 Å². The maximum atomic E-state index is 13.6. The maximum Gasteiger partial charge on any atom is 0.168 e. The van der Waals surface area contributed by atoms with Crippen LogP contribution in [0.15, 0.2) is 36.4 Å². The van der Waals surface area contributed by atoms with Crippen LogP contribution in [0.5, 0.6) is 0 Å². The van der Waals surface area contributed by atoms with Gasteiger partial charge in [0, 0.05) is 22.6 Å². The molecule has 98 valence electrons. The summed E-state index contributed by atoms with van der Waals surface area (Å²) in [5.41, 5.74) is 0.247. The third-order valence-corrected chi connectivity index (χ3v) is 3.30. The molecule has 0 fully saturated rings. The van der Waals surface area contributed by atoms with Crippen LogP contribution in [0.4, 0.5) is 8.78 Å². The van der Waals surface area contributed by atoms with E-state index in [-0.39, 0.29) is 27.6 Å². The minimum absolute atomic E-state index is 0.00235. The summed E-state index contributed by atoms with van der Waals surface area (Å²) in [7, 11) is 0. The van der Waals surface area contributed by atoms with Crippen LogP contribution in [0.1, 0.15) is 15.9 Å². The number of carbonyl (C=O) groups excluding carboxylic acids is 1. The highest BCUT2D eigenvalue weighted by atomic mass is 35.5. The van der Waals surface area contributed by atoms with E-state index in [1.807, 2.05) is 0 Å². The largest absolute Gasteiger partial charge is 0.294 e. The van der Waals surface area contributed by atoms with Gasteiger partial charge in [-0.25, -0.2) is 8.78 Å². The quantitative estimate of drug-likeness (QED) is 0.751. The number of benzene rings is 2. The highest BCUT2D eigenvalue weighted by Crippen LogP contribution is 2.23. The molecule has 0 atom stereocenters. The van der Waals surface area contributed by atoms with Gasteiger partial charge in [0.2, 0.25) is 0 Å². The van der Waals surface area contributed by atoms with Gasteiger partial charge in [-0.3, -0.25) is 4.79 Å². The molecule has 1 nitrogen and oxygen atoms in total. The van der Waals surface area contributed by atoms with E-state index >= 15 is 0 Å². The topological polar surface area (TPSA) is 17.1 Å². The van der Waals surface area contributed by atoms with Gasteiger partial charge in [-0.2, -0.15) is 0 Å². The first-order chi connectivity index (χ1) is 8.99. The van der Waals surface area contributed by atoms with E-state index < -0.39 is 17.4 Å². The van der Waals surface area contributed by atoms with Crippen LogP contribution in [0, 0.1) is 11.6 Å². The van der Waals surface area contributed by atoms with E-state index in [9.17, 15) is 13.6 Å². The van der Waals surface area contributed by atoms with Gasteiger partial charge in [0.05, 0.1) is 5.02 Å². The smallest absolute Gasteiger partial charge is 0.168 e. The fraction of sp³-hybridized carbons (Fsp3) is 0.0714. The van der Waals surface area contributed by atoms with Crippen molar-refractivity contribution in [2.75, 3.05) is 0 Å². The predicted octanol–water partition coefficient (Wildman–Crippen LogP) is 4.70. The zero-order valence-electron chi connectivity index (χ0n) is 9.59. The average Bonchev–Trinajstić information content (AvgIpc) is 2.33. The number of halogens is 4. The van der Waals surface area contributed by atoms with E-state index in [0.29, 0.717) is 0 Å². The molecule has 19 heavy (non-hydrogen) atoms. The molecule has 0 N–H and O–H groups in total. The summed E-state index contributed by atoms with van der Waals surface area (Å²) in [5, 5.41) is 0.170. The van der Waals surface area contributed by atoms with Gasteiger partial charge in [-0.1, -0.05) is 29.3 Å². The SMILES string of the molecule is O=C(Cc1c(F)cccc1Cl)c1ccc(F)cc1Cl.